The lowest BCUT2D eigenvalue weighted by atomic mass is 9.83. The van der Waals surface area contributed by atoms with Gasteiger partial charge in [-0.3, -0.25) is 29.3 Å². The van der Waals surface area contributed by atoms with E-state index in [1.165, 1.54) is 55.5 Å². The Balaban J connectivity index is 1.42. The predicted octanol–water partition coefficient (Wildman–Crippen LogP) is 3.92. The number of esters is 1. The van der Waals surface area contributed by atoms with Crippen molar-refractivity contribution in [2.75, 3.05) is 4.90 Å². The first-order valence-corrected chi connectivity index (χ1v) is 12.3. The van der Waals surface area contributed by atoms with E-state index in [4.69, 9.17) is 4.74 Å². The summed E-state index contributed by atoms with van der Waals surface area (Å²) in [4.78, 5) is 66.5. The van der Waals surface area contributed by atoms with Crippen LogP contribution in [0.4, 0.5) is 11.4 Å². The van der Waals surface area contributed by atoms with Crippen molar-refractivity contribution in [3.63, 3.8) is 0 Å². The van der Waals surface area contributed by atoms with Crippen molar-refractivity contribution >= 4 is 41.0 Å². The van der Waals surface area contributed by atoms with E-state index in [9.17, 15) is 29.3 Å². The molecule has 2 amide bonds. The third-order valence-corrected chi connectivity index (χ3v) is 7.45. The fourth-order valence-corrected chi connectivity index (χ4v) is 5.86. The van der Waals surface area contributed by atoms with Gasteiger partial charge in [-0.1, -0.05) is 24.3 Å². The smallest absolute Gasteiger partial charge is 0.308 e. The molecule has 0 spiro atoms. The van der Waals surface area contributed by atoms with Crippen molar-refractivity contribution in [1.29, 1.82) is 0 Å². The summed E-state index contributed by atoms with van der Waals surface area (Å²) < 4.78 is 5.06. The third kappa shape index (κ3) is 3.80. The first-order chi connectivity index (χ1) is 18.8. The number of fused-ring (bicyclic) bond motifs is 5. The minimum Gasteiger partial charge on any atom is -0.427 e. The van der Waals surface area contributed by atoms with Crippen molar-refractivity contribution < 1.29 is 28.8 Å². The second-order valence-corrected chi connectivity index (χ2v) is 9.60. The average molecular weight is 524 g/mol. The number of imide groups is 1. The Hall–Kier alpha value is -5.12. The molecule has 4 atom stereocenters. The number of nitro groups is 1. The van der Waals surface area contributed by atoms with Crippen molar-refractivity contribution in [2.24, 2.45) is 11.8 Å². The lowest BCUT2D eigenvalue weighted by Gasteiger charge is -2.35. The van der Waals surface area contributed by atoms with Gasteiger partial charge in [0.15, 0.2) is 5.78 Å². The molecule has 0 unspecified atom stereocenters. The molecule has 0 saturated carbocycles. The molecular formula is C29H21N3O7. The fraction of sp³-hybridized carbons (Fsp3) is 0.172. The van der Waals surface area contributed by atoms with Crippen LogP contribution in [0.3, 0.4) is 0 Å². The number of hydrogen-bond donors (Lipinski definition) is 0. The van der Waals surface area contributed by atoms with Gasteiger partial charge in [0, 0.05) is 30.8 Å². The van der Waals surface area contributed by atoms with Gasteiger partial charge < -0.3 is 9.64 Å². The average Bonchev–Trinajstić information content (AvgIpc) is 3.41. The summed E-state index contributed by atoms with van der Waals surface area (Å²) in [5.41, 5.74) is 2.09. The summed E-state index contributed by atoms with van der Waals surface area (Å²) in [5.74, 6) is -3.37. The molecule has 0 aromatic heterocycles. The van der Waals surface area contributed by atoms with E-state index < -0.39 is 52.4 Å². The van der Waals surface area contributed by atoms with Crippen LogP contribution in [0.5, 0.6) is 5.75 Å². The number of Topliss-reactive ketones (excluding diaryl/α,β-unsaturated/α-hetero) is 1. The molecule has 3 aliphatic rings. The highest BCUT2D eigenvalue weighted by Gasteiger charge is 2.64. The van der Waals surface area contributed by atoms with E-state index in [-0.39, 0.29) is 17.0 Å². The van der Waals surface area contributed by atoms with Crippen molar-refractivity contribution in [2.45, 2.75) is 19.0 Å². The van der Waals surface area contributed by atoms with Crippen LogP contribution in [0, 0.1) is 22.0 Å². The van der Waals surface area contributed by atoms with E-state index >= 15 is 0 Å². The van der Waals surface area contributed by atoms with E-state index in [1.54, 1.807) is 11.1 Å². The molecule has 3 aliphatic heterocycles. The number of rotatable bonds is 5. The summed E-state index contributed by atoms with van der Waals surface area (Å²) in [6, 6.07) is 17.3. The Bertz CT molecular complexity index is 1580. The minimum atomic E-state index is -0.993. The lowest BCUT2D eigenvalue weighted by molar-refractivity contribution is -0.384. The predicted molar refractivity (Wildman–Crippen MR) is 138 cm³/mol. The van der Waals surface area contributed by atoms with Gasteiger partial charge in [-0.2, -0.15) is 0 Å². The van der Waals surface area contributed by atoms with Gasteiger partial charge in [-0.25, -0.2) is 4.90 Å². The zero-order valence-corrected chi connectivity index (χ0v) is 20.6. The first kappa shape index (κ1) is 24.2. The van der Waals surface area contributed by atoms with E-state index in [1.807, 2.05) is 30.3 Å². The molecule has 0 N–H and O–H groups in total. The summed E-state index contributed by atoms with van der Waals surface area (Å²) in [6.45, 7) is 1.27. The SMILES string of the molecule is CC(=O)Oc1ccc(N2C(=O)[C@@H]3[C@H](C2=O)[C@H]2c4ccccc4C=CN2[C@H]3C(=O)c2ccc([N+](=O)[O-])cc2)cc1. The molecule has 194 valence electrons. The summed E-state index contributed by atoms with van der Waals surface area (Å²) in [5, 5.41) is 11.1. The second-order valence-electron chi connectivity index (χ2n) is 9.60. The van der Waals surface area contributed by atoms with Crippen LogP contribution >= 0.6 is 0 Å². The number of nitrogens with zero attached hydrogens (tertiary/aromatic N) is 3. The fourth-order valence-electron chi connectivity index (χ4n) is 5.86. The molecule has 3 heterocycles. The highest BCUT2D eigenvalue weighted by molar-refractivity contribution is 6.24. The van der Waals surface area contributed by atoms with E-state index in [2.05, 4.69) is 0 Å². The van der Waals surface area contributed by atoms with Crippen molar-refractivity contribution in [1.82, 2.24) is 4.90 Å². The highest BCUT2D eigenvalue weighted by atomic mass is 16.6. The molecule has 0 aliphatic carbocycles. The molecule has 6 rings (SSSR count). The Morgan fingerprint density at radius 1 is 0.897 bits per heavy atom. The summed E-state index contributed by atoms with van der Waals surface area (Å²) >= 11 is 0. The van der Waals surface area contributed by atoms with Crippen LogP contribution in [0.2, 0.25) is 0 Å². The van der Waals surface area contributed by atoms with Gasteiger partial charge in [0.05, 0.1) is 28.5 Å². The van der Waals surface area contributed by atoms with Crippen LogP contribution in [0.25, 0.3) is 6.08 Å². The molecule has 0 radical (unpaired) electrons. The van der Waals surface area contributed by atoms with Crippen LogP contribution in [0.1, 0.15) is 34.5 Å². The van der Waals surface area contributed by atoms with Crippen LogP contribution in [0.15, 0.2) is 79.0 Å². The van der Waals surface area contributed by atoms with Gasteiger partial charge in [0.2, 0.25) is 11.8 Å². The third-order valence-electron chi connectivity index (χ3n) is 7.45. The minimum absolute atomic E-state index is 0.156. The number of anilines is 1. The maximum Gasteiger partial charge on any atom is 0.308 e. The number of carbonyl (C=O) groups excluding carboxylic acids is 4. The standard InChI is InChI=1S/C29H21N3O7/c1-16(33)39-21-12-10-19(11-13-21)31-28(35)23-24(29(31)36)26(27(34)18-6-8-20(9-7-18)32(37)38)30-15-14-17-4-2-3-5-22(17)25(23)30/h2-15,23-26H,1H3/t23-,24+,25+,26+/m0/s1. The Labute approximate surface area is 222 Å². The van der Waals surface area contributed by atoms with E-state index in [0.29, 0.717) is 5.69 Å². The monoisotopic (exact) mass is 523 g/mol. The molecule has 10 nitrogen and oxygen atoms in total. The van der Waals surface area contributed by atoms with Gasteiger partial charge in [0.25, 0.3) is 5.69 Å². The summed E-state index contributed by atoms with van der Waals surface area (Å²) in [6.07, 6.45) is 3.60. The number of carbonyl (C=O) groups is 4. The Kier molecular flexibility index (Phi) is 5.60. The number of ether oxygens (including phenoxy) is 1. The second kappa shape index (κ2) is 9.02. The largest absolute Gasteiger partial charge is 0.427 e. The number of hydrogen-bond acceptors (Lipinski definition) is 8. The maximum atomic E-state index is 13.9. The number of benzene rings is 3. The maximum absolute atomic E-state index is 13.9. The first-order valence-electron chi connectivity index (χ1n) is 12.3. The van der Waals surface area contributed by atoms with Crippen LogP contribution in [-0.2, 0) is 14.4 Å². The molecule has 39 heavy (non-hydrogen) atoms. The zero-order valence-electron chi connectivity index (χ0n) is 20.6. The molecule has 3 aromatic carbocycles. The molecule has 2 fully saturated rings. The van der Waals surface area contributed by atoms with Gasteiger partial charge in [-0.05, 0) is 53.6 Å². The molecule has 10 heteroatoms. The van der Waals surface area contributed by atoms with Gasteiger partial charge in [0.1, 0.15) is 11.8 Å². The van der Waals surface area contributed by atoms with Crippen molar-refractivity contribution in [3.05, 3.63) is 106 Å². The Morgan fingerprint density at radius 2 is 1.56 bits per heavy atom. The lowest BCUT2D eigenvalue weighted by Crippen LogP contribution is -2.44. The molecule has 3 aromatic rings. The number of non-ortho nitro benzene ring substituents is 1. The normalized spacial score (nSPS) is 22.8. The quantitative estimate of drug-likeness (QED) is 0.123. The van der Waals surface area contributed by atoms with Crippen LogP contribution < -0.4 is 9.64 Å². The van der Waals surface area contributed by atoms with Crippen molar-refractivity contribution in [3.8, 4) is 5.75 Å². The molecule has 0 bridgehead atoms. The Morgan fingerprint density at radius 3 is 2.23 bits per heavy atom. The number of nitro benzene ring substituents is 1. The van der Waals surface area contributed by atoms with E-state index in [0.717, 1.165) is 16.0 Å². The highest BCUT2D eigenvalue weighted by Crippen LogP contribution is 2.53. The molecule has 2 saturated heterocycles. The summed E-state index contributed by atoms with van der Waals surface area (Å²) in [7, 11) is 0. The topological polar surface area (TPSA) is 127 Å². The molecular weight excluding hydrogens is 502 g/mol. The number of amides is 2. The zero-order chi connectivity index (χ0) is 27.4. The van der Waals surface area contributed by atoms with Crippen LogP contribution in [-0.4, -0.2) is 39.4 Å². The van der Waals surface area contributed by atoms with Gasteiger partial charge in [-0.15, -0.1) is 0 Å². The van der Waals surface area contributed by atoms with Gasteiger partial charge >= 0.3 is 5.97 Å². The number of ketones is 1.